The number of benzene rings is 2. The number of nitrogens with one attached hydrogen (secondary N) is 1. The average molecular weight is 647 g/mol. The fraction of sp³-hybridized carbons (Fsp3) is 0.0968. The smallest absolute Gasteiger partial charge is 0.338 e. The van der Waals surface area contributed by atoms with Crippen LogP contribution in [0.15, 0.2) is 115 Å². The Hall–Kier alpha value is -5.08. The molecule has 0 atom stereocenters. The van der Waals surface area contributed by atoms with Crippen LogP contribution in [0.3, 0.4) is 0 Å². The van der Waals surface area contributed by atoms with Crippen LogP contribution in [0, 0.1) is 11.6 Å². The third-order valence-corrected chi connectivity index (χ3v) is 7.40. The highest BCUT2D eigenvalue weighted by Crippen LogP contribution is 2.30. The first-order valence-electron chi connectivity index (χ1n) is 13.2. The molecule has 0 aliphatic heterocycles. The van der Waals surface area contributed by atoms with Crippen molar-refractivity contribution in [1.29, 1.82) is 0 Å². The van der Waals surface area contributed by atoms with Crippen molar-refractivity contribution in [3.63, 3.8) is 0 Å². The monoisotopic (exact) mass is 646 g/mol. The lowest BCUT2D eigenvalue weighted by molar-refractivity contribution is 0.273. The van der Waals surface area contributed by atoms with Crippen LogP contribution in [0.2, 0.25) is 0 Å². The molecular weight excluding hydrogens is 623 g/mol. The van der Waals surface area contributed by atoms with Gasteiger partial charge in [-0.3, -0.25) is 0 Å². The van der Waals surface area contributed by atoms with Gasteiger partial charge in [-0.1, -0.05) is 53.9 Å². The fourth-order valence-corrected chi connectivity index (χ4v) is 5.01. The molecule has 0 spiro atoms. The molecule has 228 valence electrons. The number of thioether (sulfide) groups is 2. The van der Waals surface area contributed by atoms with E-state index in [0.717, 1.165) is 0 Å². The average Bonchev–Trinajstić information content (AvgIpc) is 3.61. The molecule has 0 aliphatic rings. The van der Waals surface area contributed by atoms with E-state index in [1.807, 2.05) is 12.5 Å². The van der Waals surface area contributed by atoms with Crippen molar-refractivity contribution < 1.29 is 17.8 Å². The van der Waals surface area contributed by atoms with E-state index in [1.54, 1.807) is 42.7 Å². The van der Waals surface area contributed by atoms with Crippen molar-refractivity contribution in [2.45, 2.75) is 16.9 Å². The Morgan fingerprint density at radius 1 is 0.800 bits per heavy atom. The molecule has 0 amide bonds. The molecule has 0 aliphatic carbocycles. The van der Waals surface area contributed by atoms with Crippen molar-refractivity contribution in [1.82, 2.24) is 29.8 Å². The second-order valence-electron chi connectivity index (χ2n) is 9.06. The summed E-state index contributed by atoms with van der Waals surface area (Å²) >= 11 is 2.79. The van der Waals surface area contributed by atoms with Crippen LogP contribution in [0.5, 0.6) is 0 Å². The first kappa shape index (κ1) is 31.3. The summed E-state index contributed by atoms with van der Waals surface area (Å²) in [6.45, 7) is 3.99. The van der Waals surface area contributed by atoms with E-state index in [0.29, 0.717) is 61.9 Å². The Morgan fingerprint density at radius 2 is 1.33 bits per heavy atom. The fourth-order valence-electron chi connectivity index (χ4n) is 4.30. The molecule has 14 heteroatoms. The summed E-state index contributed by atoms with van der Waals surface area (Å²) in [4.78, 5) is 41.3. The largest absolute Gasteiger partial charge is 0.366 e. The Bertz CT molecular complexity index is 2050. The lowest BCUT2D eigenvalue weighted by atomic mass is 10.0. The normalized spacial score (nSPS) is 10.8. The van der Waals surface area contributed by atoms with Crippen molar-refractivity contribution >= 4 is 23.5 Å². The number of hydrogen-bond acceptors (Lipinski definition) is 10. The van der Waals surface area contributed by atoms with E-state index in [1.165, 1.54) is 64.7 Å². The number of nitrogens with zero attached hydrogens (tertiary/aromatic N) is 5. The summed E-state index contributed by atoms with van der Waals surface area (Å²) in [7, 11) is 0. The molecule has 2 aromatic carbocycles. The predicted octanol–water partition coefficient (Wildman–Crippen LogP) is 6.57. The van der Waals surface area contributed by atoms with Crippen LogP contribution in [0.4, 0.5) is 8.78 Å². The van der Waals surface area contributed by atoms with Gasteiger partial charge in [-0.25, -0.2) is 43.5 Å². The van der Waals surface area contributed by atoms with Crippen LogP contribution in [0.1, 0.15) is 0 Å². The maximum Gasteiger partial charge on any atom is 0.366 e. The number of allylic oxidation sites excluding steroid dienone is 1. The van der Waals surface area contributed by atoms with Crippen LogP contribution >= 0.6 is 23.5 Å². The molecule has 0 fully saturated rings. The van der Waals surface area contributed by atoms with Gasteiger partial charge in [0.1, 0.15) is 23.0 Å². The minimum absolute atomic E-state index is 0.310. The van der Waals surface area contributed by atoms with E-state index in [2.05, 4.69) is 31.7 Å². The Labute approximate surface area is 263 Å². The molecule has 4 aromatic heterocycles. The third-order valence-electron chi connectivity index (χ3n) is 6.27. The van der Waals surface area contributed by atoms with E-state index >= 15 is 0 Å². The van der Waals surface area contributed by atoms with Crippen LogP contribution in [0.25, 0.3) is 45.0 Å². The lowest BCUT2D eigenvalue weighted by Crippen LogP contribution is -2.00. The van der Waals surface area contributed by atoms with Gasteiger partial charge >= 0.3 is 11.3 Å². The highest BCUT2D eigenvalue weighted by atomic mass is 32.2. The first-order chi connectivity index (χ1) is 21.8. The Morgan fingerprint density at radius 3 is 1.89 bits per heavy atom. The summed E-state index contributed by atoms with van der Waals surface area (Å²) in [5.74, 6) is -0.742. The highest BCUT2D eigenvalue weighted by molar-refractivity contribution is 7.98. The first-order valence-corrected chi connectivity index (χ1v) is 15.6. The number of aromatic amines is 1. The van der Waals surface area contributed by atoms with E-state index in [9.17, 15) is 18.4 Å². The topological polar surface area (TPSA) is 133 Å². The maximum atomic E-state index is 13.2. The molecule has 0 saturated heterocycles. The van der Waals surface area contributed by atoms with Crippen LogP contribution in [-0.2, 0) is 6.54 Å². The number of rotatable bonds is 8. The van der Waals surface area contributed by atoms with Gasteiger partial charge in [0.15, 0.2) is 10.3 Å². The summed E-state index contributed by atoms with van der Waals surface area (Å²) in [5, 5.41) is 3.74. The zero-order valence-corrected chi connectivity index (χ0v) is 25.5. The molecule has 0 saturated carbocycles. The summed E-state index contributed by atoms with van der Waals surface area (Å²) < 4.78 is 37.9. The Balaban J connectivity index is 0.000000179. The van der Waals surface area contributed by atoms with Gasteiger partial charge in [0.2, 0.25) is 0 Å². The van der Waals surface area contributed by atoms with Crippen molar-refractivity contribution in [2.75, 3.05) is 12.5 Å². The second kappa shape index (κ2) is 14.1. The second-order valence-corrected chi connectivity index (χ2v) is 10.6. The van der Waals surface area contributed by atoms with Gasteiger partial charge in [-0.05, 0) is 60.0 Å². The Kier molecular flexibility index (Phi) is 9.85. The molecule has 0 radical (unpaired) electrons. The zero-order valence-electron chi connectivity index (χ0n) is 23.9. The maximum absolute atomic E-state index is 13.2. The van der Waals surface area contributed by atoms with Gasteiger partial charge in [0, 0.05) is 12.4 Å². The quantitative estimate of drug-likeness (QED) is 0.110. The molecule has 0 unspecified atom stereocenters. The summed E-state index contributed by atoms with van der Waals surface area (Å²) in [6.07, 6.45) is 8.58. The lowest BCUT2D eigenvalue weighted by Gasteiger charge is -2.07. The van der Waals surface area contributed by atoms with E-state index in [-0.39, 0.29) is 11.6 Å². The van der Waals surface area contributed by atoms with Gasteiger partial charge in [0.25, 0.3) is 0 Å². The van der Waals surface area contributed by atoms with Crippen LogP contribution < -0.4 is 11.3 Å². The minimum atomic E-state index is -0.527. The van der Waals surface area contributed by atoms with Gasteiger partial charge in [0.05, 0.1) is 29.1 Å². The SMILES string of the molecule is C=CCn1oc(=O)c(-c2ccc(F)cc2)c1-c1ccnc(SC)n1.CSc1nccc(-c2[nH]oc(=O)c2-c2ccc(F)cc2)n1. The molecule has 4 heterocycles. The minimum Gasteiger partial charge on any atom is -0.338 e. The van der Waals surface area contributed by atoms with Gasteiger partial charge < -0.3 is 9.05 Å². The molecule has 6 aromatic rings. The predicted molar refractivity (Wildman–Crippen MR) is 169 cm³/mol. The molecule has 0 bridgehead atoms. The third kappa shape index (κ3) is 7.02. The van der Waals surface area contributed by atoms with E-state index < -0.39 is 11.3 Å². The number of halogens is 2. The van der Waals surface area contributed by atoms with Crippen LogP contribution in [-0.4, -0.2) is 42.3 Å². The van der Waals surface area contributed by atoms with Crippen molar-refractivity contribution in [3.05, 3.63) is 118 Å². The molecular formula is C31H24F2N6O4S2. The standard InChI is InChI=1S/C17H14FN3O2S.C14H10FN3O2S/c1-3-10-21-15(13-8-9-19-17(20-13)24-2)14(16(22)23-21)11-4-6-12(18)7-5-11;1-21-14-16-7-6-10(17-14)12-11(13(19)20-18-12)8-2-4-9(15)5-3-8/h3-9H,1,10H2,2H3;2-7,18H,1H3. The number of hydrogen-bond donors (Lipinski definition) is 1. The molecule has 1 N–H and O–H groups in total. The molecule has 45 heavy (non-hydrogen) atoms. The van der Waals surface area contributed by atoms with Gasteiger partial charge in [-0.2, -0.15) is 4.74 Å². The number of aromatic nitrogens is 6. The summed E-state index contributed by atoms with van der Waals surface area (Å²) in [6, 6.07) is 14.7. The summed E-state index contributed by atoms with van der Waals surface area (Å²) in [5.41, 5.74) is 2.81. The van der Waals surface area contributed by atoms with Gasteiger partial charge in [-0.15, -0.1) is 6.58 Å². The molecule has 10 nitrogen and oxygen atoms in total. The molecule has 6 rings (SSSR count). The highest BCUT2D eigenvalue weighted by Gasteiger charge is 2.22. The van der Waals surface area contributed by atoms with Crippen molar-refractivity contribution in [3.8, 4) is 45.0 Å². The zero-order chi connectivity index (χ0) is 31.9. The van der Waals surface area contributed by atoms with E-state index in [4.69, 9.17) is 9.05 Å². The van der Waals surface area contributed by atoms with Crippen molar-refractivity contribution in [2.24, 2.45) is 0 Å². The number of H-pyrrole nitrogens is 1.